The van der Waals surface area contributed by atoms with Crippen molar-refractivity contribution in [2.75, 3.05) is 30.7 Å². The monoisotopic (exact) mass is 483 g/mol. The molecule has 1 spiro atoms. The second-order valence-electron chi connectivity index (χ2n) is 7.28. The molecule has 5 nitrogen and oxygen atoms in total. The molecule has 3 amide bonds. The average Bonchev–Trinajstić information content (AvgIpc) is 3.13. The van der Waals surface area contributed by atoms with E-state index in [1.807, 2.05) is 4.90 Å². The van der Waals surface area contributed by atoms with Gasteiger partial charge < -0.3 is 15.1 Å². The molecule has 158 valence electrons. The second kappa shape index (κ2) is 8.87. The van der Waals surface area contributed by atoms with Crippen LogP contribution in [-0.4, -0.2) is 52.0 Å². The van der Waals surface area contributed by atoms with Crippen LogP contribution < -0.4 is 5.32 Å². The van der Waals surface area contributed by atoms with E-state index in [0.29, 0.717) is 58.8 Å². The Balaban J connectivity index is 1.44. The molecule has 2 saturated heterocycles. The molecule has 2 aliphatic heterocycles. The molecular formula is C21H20Cl3N3O2S. The summed E-state index contributed by atoms with van der Waals surface area (Å²) in [6, 6.07) is 11.9. The van der Waals surface area contributed by atoms with Crippen molar-refractivity contribution < 1.29 is 9.59 Å². The first kappa shape index (κ1) is 21.6. The van der Waals surface area contributed by atoms with Crippen LogP contribution in [-0.2, 0) is 0 Å². The third kappa shape index (κ3) is 4.24. The van der Waals surface area contributed by atoms with Crippen molar-refractivity contribution in [3.05, 3.63) is 63.1 Å². The lowest BCUT2D eigenvalue weighted by Gasteiger charge is -2.44. The van der Waals surface area contributed by atoms with Crippen LogP contribution in [0.15, 0.2) is 42.5 Å². The SMILES string of the molecule is O=C(Nc1c(Cl)cccc1Cl)N1CCC2(CC1)SCCN2C(=O)c1cccc(Cl)c1. The third-order valence-corrected chi connectivity index (χ3v) is 7.94. The van der Waals surface area contributed by atoms with Gasteiger partial charge in [-0.15, -0.1) is 11.8 Å². The first-order valence-corrected chi connectivity index (χ1v) is 11.7. The molecule has 2 aromatic rings. The number of likely N-dealkylation sites (tertiary alicyclic amines) is 1. The van der Waals surface area contributed by atoms with Crippen molar-refractivity contribution in [2.45, 2.75) is 17.7 Å². The maximum Gasteiger partial charge on any atom is 0.321 e. The summed E-state index contributed by atoms with van der Waals surface area (Å²) < 4.78 is 0. The Morgan fingerprint density at radius 1 is 0.967 bits per heavy atom. The Labute approximate surface area is 194 Å². The molecule has 30 heavy (non-hydrogen) atoms. The van der Waals surface area contributed by atoms with E-state index in [9.17, 15) is 9.59 Å². The number of amides is 3. The molecule has 1 N–H and O–H groups in total. The van der Waals surface area contributed by atoms with Crippen LogP contribution >= 0.6 is 46.6 Å². The highest BCUT2D eigenvalue weighted by Crippen LogP contribution is 2.44. The van der Waals surface area contributed by atoms with E-state index in [1.54, 1.807) is 59.1 Å². The summed E-state index contributed by atoms with van der Waals surface area (Å²) >= 11 is 20.2. The molecule has 0 atom stereocenters. The largest absolute Gasteiger partial charge is 0.324 e. The number of anilines is 1. The zero-order valence-electron chi connectivity index (χ0n) is 16.0. The van der Waals surface area contributed by atoms with Gasteiger partial charge in [0.2, 0.25) is 0 Å². The summed E-state index contributed by atoms with van der Waals surface area (Å²) in [5.41, 5.74) is 1.01. The maximum atomic E-state index is 13.1. The highest BCUT2D eigenvalue weighted by Gasteiger charge is 2.47. The van der Waals surface area contributed by atoms with Crippen LogP contribution in [0.3, 0.4) is 0 Å². The molecule has 0 saturated carbocycles. The number of benzene rings is 2. The smallest absolute Gasteiger partial charge is 0.321 e. The van der Waals surface area contributed by atoms with Gasteiger partial charge in [-0.25, -0.2) is 4.79 Å². The zero-order chi connectivity index (χ0) is 21.3. The minimum absolute atomic E-state index is 0.0109. The number of carbonyl (C=O) groups excluding carboxylic acids is 2. The standard InChI is InChI=1S/C21H20Cl3N3O2S/c22-15-4-1-3-14(13-15)19(28)27-11-12-30-21(27)7-9-26(10-8-21)20(29)25-18-16(23)5-2-6-17(18)24/h1-6,13H,7-12H2,(H,25,29). The Morgan fingerprint density at radius 3 is 2.30 bits per heavy atom. The van der Waals surface area contributed by atoms with Crippen molar-refractivity contribution in [1.82, 2.24) is 9.80 Å². The second-order valence-corrected chi connectivity index (χ2v) is 9.98. The van der Waals surface area contributed by atoms with E-state index >= 15 is 0 Å². The minimum Gasteiger partial charge on any atom is -0.324 e. The number of thioether (sulfide) groups is 1. The van der Waals surface area contributed by atoms with Gasteiger partial charge in [0, 0.05) is 36.0 Å². The van der Waals surface area contributed by atoms with Gasteiger partial charge in [-0.1, -0.05) is 46.9 Å². The van der Waals surface area contributed by atoms with Crippen LogP contribution in [0.2, 0.25) is 15.1 Å². The lowest BCUT2D eigenvalue weighted by atomic mass is 10.0. The van der Waals surface area contributed by atoms with Gasteiger partial charge in [0.25, 0.3) is 5.91 Å². The summed E-state index contributed by atoms with van der Waals surface area (Å²) in [6.45, 7) is 1.78. The molecule has 0 aromatic heterocycles. The number of nitrogens with one attached hydrogen (secondary N) is 1. The Morgan fingerprint density at radius 2 is 1.63 bits per heavy atom. The van der Waals surface area contributed by atoms with Gasteiger partial charge in [0.15, 0.2) is 0 Å². The number of carbonyl (C=O) groups is 2. The van der Waals surface area contributed by atoms with E-state index < -0.39 is 0 Å². The van der Waals surface area contributed by atoms with Crippen LogP contribution in [0.5, 0.6) is 0 Å². The van der Waals surface area contributed by atoms with Crippen molar-refractivity contribution >= 4 is 64.2 Å². The van der Waals surface area contributed by atoms with Gasteiger partial charge in [-0.05, 0) is 43.2 Å². The fraction of sp³-hybridized carbons (Fsp3) is 0.333. The third-order valence-electron chi connectivity index (χ3n) is 5.52. The lowest BCUT2D eigenvalue weighted by molar-refractivity contribution is 0.0585. The molecule has 0 unspecified atom stereocenters. The van der Waals surface area contributed by atoms with Crippen molar-refractivity contribution in [1.29, 1.82) is 0 Å². The van der Waals surface area contributed by atoms with Crippen molar-refractivity contribution in [3.8, 4) is 0 Å². The number of rotatable bonds is 2. The van der Waals surface area contributed by atoms with Gasteiger partial charge in [0.05, 0.1) is 20.6 Å². The summed E-state index contributed by atoms with van der Waals surface area (Å²) in [5, 5.41) is 4.16. The number of para-hydroxylation sites is 1. The van der Waals surface area contributed by atoms with Gasteiger partial charge in [-0.3, -0.25) is 4.79 Å². The number of hydrogen-bond acceptors (Lipinski definition) is 3. The molecule has 2 heterocycles. The summed E-state index contributed by atoms with van der Waals surface area (Å²) in [4.78, 5) is 29.3. The average molecular weight is 485 g/mol. The molecule has 2 fully saturated rings. The molecule has 2 aromatic carbocycles. The molecule has 9 heteroatoms. The van der Waals surface area contributed by atoms with Crippen LogP contribution in [0, 0.1) is 0 Å². The first-order chi connectivity index (χ1) is 14.4. The van der Waals surface area contributed by atoms with E-state index in [2.05, 4.69) is 5.32 Å². The molecule has 2 aliphatic rings. The summed E-state index contributed by atoms with van der Waals surface area (Å²) in [7, 11) is 0. The number of halogens is 3. The lowest BCUT2D eigenvalue weighted by Crippen LogP contribution is -2.54. The highest BCUT2D eigenvalue weighted by atomic mass is 35.5. The van der Waals surface area contributed by atoms with E-state index in [1.165, 1.54) is 0 Å². The van der Waals surface area contributed by atoms with Crippen LogP contribution in [0.1, 0.15) is 23.2 Å². The van der Waals surface area contributed by atoms with E-state index in [4.69, 9.17) is 34.8 Å². The molecule has 0 bridgehead atoms. The Bertz CT molecular complexity index is 959. The van der Waals surface area contributed by atoms with Crippen LogP contribution in [0.25, 0.3) is 0 Å². The topological polar surface area (TPSA) is 52.7 Å². The molecule has 4 rings (SSSR count). The number of hydrogen-bond donors (Lipinski definition) is 1. The fourth-order valence-corrected chi connectivity index (χ4v) is 6.09. The number of nitrogens with zero attached hydrogens (tertiary/aromatic N) is 2. The Kier molecular flexibility index (Phi) is 6.39. The number of urea groups is 1. The predicted octanol–water partition coefficient (Wildman–Crippen LogP) is 5.86. The van der Waals surface area contributed by atoms with Gasteiger partial charge in [0.1, 0.15) is 0 Å². The van der Waals surface area contributed by atoms with E-state index in [-0.39, 0.29) is 16.8 Å². The van der Waals surface area contributed by atoms with E-state index in [0.717, 1.165) is 5.75 Å². The summed E-state index contributed by atoms with van der Waals surface area (Å²) in [5.74, 6) is 0.872. The quantitative estimate of drug-likeness (QED) is 0.581. The first-order valence-electron chi connectivity index (χ1n) is 9.61. The Hall–Kier alpha value is -1.60. The zero-order valence-corrected chi connectivity index (χ0v) is 19.1. The van der Waals surface area contributed by atoms with Crippen LogP contribution in [0.4, 0.5) is 10.5 Å². The van der Waals surface area contributed by atoms with Crippen molar-refractivity contribution in [3.63, 3.8) is 0 Å². The predicted molar refractivity (Wildman–Crippen MR) is 124 cm³/mol. The minimum atomic E-state index is -0.293. The summed E-state index contributed by atoms with van der Waals surface area (Å²) in [6.07, 6.45) is 1.40. The highest BCUT2D eigenvalue weighted by molar-refractivity contribution is 8.00. The normalized spacial score (nSPS) is 18.0. The van der Waals surface area contributed by atoms with Crippen molar-refractivity contribution in [2.24, 2.45) is 0 Å². The molecule has 0 aliphatic carbocycles. The maximum absolute atomic E-state index is 13.1. The fourth-order valence-electron chi connectivity index (χ4n) is 3.95. The van der Waals surface area contributed by atoms with Gasteiger partial charge >= 0.3 is 6.03 Å². The number of piperidine rings is 1. The van der Waals surface area contributed by atoms with Gasteiger partial charge in [-0.2, -0.15) is 0 Å². The molecule has 0 radical (unpaired) electrons. The molecular weight excluding hydrogens is 465 g/mol.